The predicted molar refractivity (Wildman–Crippen MR) is 82.4 cm³/mol. The Labute approximate surface area is 120 Å². The van der Waals surface area contributed by atoms with E-state index in [-0.39, 0.29) is 11.9 Å². The van der Waals surface area contributed by atoms with Crippen molar-refractivity contribution < 1.29 is 4.39 Å². The number of anilines is 1. The third kappa shape index (κ3) is 3.81. The third-order valence-electron chi connectivity index (χ3n) is 3.44. The van der Waals surface area contributed by atoms with Crippen molar-refractivity contribution in [2.24, 2.45) is 0 Å². The van der Waals surface area contributed by atoms with E-state index in [1.165, 1.54) is 23.4 Å². The highest BCUT2D eigenvalue weighted by atomic mass is 19.1. The average molecular weight is 272 g/mol. The highest BCUT2D eigenvalue weighted by molar-refractivity contribution is 5.45. The molecule has 0 spiro atoms. The largest absolute Gasteiger partial charge is 0.378 e. The molecule has 0 fully saturated rings. The standard InChI is InChI=1S/C17H21FN2/c1-13(15-6-8-16(18)9-7-15)19-12-14-4-10-17(11-5-14)20(2)3/h4-11,13,19H,12H2,1-3H3/t13-/m0/s1. The molecule has 20 heavy (non-hydrogen) atoms. The molecular weight excluding hydrogens is 251 g/mol. The summed E-state index contributed by atoms with van der Waals surface area (Å²) in [6, 6.07) is 15.3. The summed E-state index contributed by atoms with van der Waals surface area (Å²) >= 11 is 0. The monoisotopic (exact) mass is 272 g/mol. The van der Waals surface area contributed by atoms with Gasteiger partial charge in [0.05, 0.1) is 0 Å². The molecule has 3 heteroatoms. The maximum absolute atomic E-state index is 12.9. The van der Waals surface area contributed by atoms with Crippen LogP contribution in [0.25, 0.3) is 0 Å². The lowest BCUT2D eigenvalue weighted by Gasteiger charge is -2.16. The van der Waals surface area contributed by atoms with Crippen molar-refractivity contribution in [3.05, 3.63) is 65.5 Å². The smallest absolute Gasteiger partial charge is 0.123 e. The summed E-state index contributed by atoms with van der Waals surface area (Å²) in [4.78, 5) is 2.08. The van der Waals surface area contributed by atoms with E-state index < -0.39 is 0 Å². The Hall–Kier alpha value is -1.87. The summed E-state index contributed by atoms with van der Waals surface area (Å²) < 4.78 is 12.9. The molecule has 0 heterocycles. The molecule has 2 nitrogen and oxygen atoms in total. The predicted octanol–water partition coefficient (Wildman–Crippen LogP) is 3.74. The van der Waals surface area contributed by atoms with E-state index in [1.807, 2.05) is 26.2 Å². The third-order valence-corrected chi connectivity index (χ3v) is 3.44. The van der Waals surface area contributed by atoms with Crippen LogP contribution in [0.4, 0.5) is 10.1 Å². The van der Waals surface area contributed by atoms with Gasteiger partial charge in [-0.3, -0.25) is 0 Å². The first-order valence-electron chi connectivity index (χ1n) is 6.81. The van der Waals surface area contributed by atoms with E-state index in [1.54, 1.807) is 0 Å². The number of hydrogen-bond donors (Lipinski definition) is 1. The normalized spacial score (nSPS) is 12.2. The van der Waals surface area contributed by atoms with Crippen LogP contribution >= 0.6 is 0 Å². The summed E-state index contributed by atoms with van der Waals surface area (Å²) in [6.45, 7) is 2.88. The molecule has 0 amide bonds. The lowest BCUT2D eigenvalue weighted by molar-refractivity contribution is 0.571. The Morgan fingerprint density at radius 1 is 1.00 bits per heavy atom. The lowest BCUT2D eigenvalue weighted by Crippen LogP contribution is -2.18. The Bertz CT molecular complexity index is 532. The van der Waals surface area contributed by atoms with Crippen molar-refractivity contribution in [1.29, 1.82) is 0 Å². The van der Waals surface area contributed by atoms with Crippen molar-refractivity contribution in [2.45, 2.75) is 19.5 Å². The lowest BCUT2D eigenvalue weighted by atomic mass is 10.1. The molecule has 0 aliphatic carbocycles. The van der Waals surface area contributed by atoms with Gasteiger partial charge < -0.3 is 10.2 Å². The Balaban J connectivity index is 1.92. The van der Waals surface area contributed by atoms with E-state index >= 15 is 0 Å². The van der Waals surface area contributed by atoms with Crippen molar-refractivity contribution in [3.8, 4) is 0 Å². The van der Waals surface area contributed by atoms with Crippen LogP contribution in [-0.4, -0.2) is 14.1 Å². The minimum absolute atomic E-state index is 0.194. The zero-order valence-corrected chi connectivity index (χ0v) is 12.2. The first-order valence-corrected chi connectivity index (χ1v) is 6.81. The average Bonchev–Trinajstić information content (AvgIpc) is 2.46. The van der Waals surface area contributed by atoms with E-state index in [0.29, 0.717) is 0 Å². The quantitative estimate of drug-likeness (QED) is 0.892. The molecule has 0 saturated carbocycles. The molecule has 0 bridgehead atoms. The number of nitrogens with one attached hydrogen (secondary N) is 1. The summed E-state index contributed by atoms with van der Waals surface area (Å²) in [7, 11) is 4.06. The van der Waals surface area contributed by atoms with Gasteiger partial charge in [0.15, 0.2) is 0 Å². The van der Waals surface area contributed by atoms with Gasteiger partial charge >= 0.3 is 0 Å². The summed E-state index contributed by atoms with van der Waals surface area (Å²) in [5, 5.41) is 3.45. The Morgan fingerprint density at radius 2 is 1.60 bits per heavy atom. The molecule has 0 aromatic heterocycles. The van der Waals surface area contributed by atoms with Crippen LogP contribution < -0.4 is 10.2 Å². The SMILES string of the molecule is C[C@H](NCc1ccc(N(C)C)cc1)c1ccc(F)cc1. The van der Waals surface area contributed by atoms with Gasteiger partial charge in [-0.2, -0.15) is 0 Å². The van der Waals surface area contributed by atoms with Crippen LogP contribution in [0.15, 0.2) is 48.5 Å². The van der Waals surface area contributed by atoms with Gasteiger partial charge in [-0.1, -0.05) is 24.3 Å². The van der Waals surface area contributed by atoms with Gasteiger partial charge in [-0.25, -0.2) is 4.39 Å². The number of nitrogens with zero attached hydrogens (tertiary/aromatic N) is 1. The molecule has 2 aromatic rings. The summed E-state index contributed by atoms with van der Waals surface area (Å²) in [5.74, 6) is -0.194. The maximum atomic E-state index is 12.9. The van der Waals surface area contributed by atoms with E-state index in [2.05, 4.69) is 41.4 Å². The molecule has 0 aliphatic rings. The summed E-state index contributed by atoms with van der Waals surface area (Å²) in [5.41, 5.74) is 3.53. The van der Waals surface area contributed by atoms with Gasteiger partial charge in [-0.15, -0.1) is 0 Å². The topological polar surface area (TPSA) is 15.3 Å². The molecule has 106 valence electrons. The van der Waals surface area contributed by atoms with E-state index in [4.69, 9.17) is 0 Å². The van der Waals surface area contributed by atoms with Crippen LogP contribution in [0.3, 0.4) is 0 Å². The minimum Gasteiger partial charge on any atom is -0.378 e. The fraction of sp³-hybridized carbons (Fsp3) is 0.294. The van der Waals surface area contributed by atoms with Gasteiger partial charge in [0.1, 0.15) is 5.82 Å². The molecule has 0 radical (unpaired) electrons. The molecule has 2 aromatic carbocycles. The summed E-state index contributed by atoms with van der Waals surface area (Å²) in [6.07, 6.45) is 0. The van der Waals surface area contributed by atoms with Crippen molar-refractivity contribution >= 4 is 5.69 Å². The van der Waals surface area contributed by atoms with Crippen LogP contribution in [0.5, 0.6) is 0 Å². The molecule has 1 N–H and O–H groups in total. The zero-order valence-electron chi connectivity index (χ0n) is 12.2. The van der Waals surface area contributed by atoms with Crippen molar-refractivity contribution in [1.82, 2.24) is 5.32 Å². The molecule has 0 unspecified atom stereocenters. The maximum Gasteiger partial charge on any atom is 0.123 e. The highest BCUT2D eigenvalue weighted by Crippen LogP contribution is 2.15. The Kier molecular flexibility index (Phi) is 4.74. The molecular formula is C17H21FN2. The highest BCUT2D eigenvalue weighted by Gasteiger charge is 2.05. The Morgan fingerprint density at radius 3 is 2.15 bits per heavy atom. The van der Waals surface area contributed by atoms with Crippen LogP contribution in [0.2, 0.25) is 0 Å². The fourth-order valence-corrected chi connectivity index (χ4v) is 2.05. The first kappa shape index (κ1) is 14.5. The molecule has 0 aliphatic heterocycles. The molecule has 2 rings (SSSR count). The number of halogens is 1. The number of rotatable bonds is 5. The van der Waals surface area contributed by atoms with Crippen molar-refractivity contribution in [2.75, 3.05) is 19.0 Å². The van der Waals surface area contributed by atoms with Crippen LogP contribution in [-0.2, 0) is 6.54 Å². The fourth-order valence-electron chi connectivity index (χ4n) is 2.05. The van der Waals surface area contributed by atoms with Crippen molar-refractivity contribution in [3.63, 3.8) is 0 Å². The van der Waals surface area contributed by atoms with Gasteiger partial charge in [0.2, 0.25) is 0 Å². The van der Waals surface area contributed by atoms with Gasteiger partial charge in [0.25, 0.3) is 0 Å². The first-order chi connectivity index (χ1) is 9.56. The van der Waals surface area contributed by atoms with E-state index in [0.717, 1.165) is 12.1 Å². The zero-order chi connectivity index (χ0) is 14.5. The van der Waals surface area contributed by atoms with E-state index in [9.17, 15) is 4.39 Å². The second-order valence-corrected chi connectivity index (χ2v) is 5.22. The molecule has 0 saturated heterocycles. The van der Waals surface area contributed by atoms with Crippen LogP contribution in [0, 0.1) is 5.82 Å². The van der Waals surface area contributed by atoms with Gasteiger partial charge in [-0.05, 0) is 42.3 Å². The second kappa shape index (κ2) is 6.53. The number of hydrogen-bond acceptors (Lipinski definition) is 2. The second-order valence-electron chi connectivity index (χ2n) is 5.22. The van der Waals surface area contributed by atoms with Gasteiger partial charge in [0, 0.05) is 32.4 Å². The number of benzene rings is 2. The molecule has 1 atom stereocenters. The minimum atomic E-state index is -0.194. The van der Waals surface area contributed by atoms with Crippen LogP contribution in [0.1, 0.15) is 24.1 Å².